The fourth-order valence-corrected chi connectivity index (χ4v) is 12.0. The monoisotopic (exact) mass is 731 g/mol. The van der Waals surface area contributed by atoms with Crippen molar-refractivity contribution in [2.45, 2.75) is 213 Å². The summed E-state index contributed by atoms with van der Waals surface area (Å²) in [5.74, 6) is 4.45. The highest BCUT2D eigenvalue weighted by molar-refractivity contribution is 5.69. The maximum atomic E-state index is 12.5. The number of rotatable bonds is 19. The average Bonchev–Trinajstić information content (AvgIpc) is 3.48. The minimum Gasteiger partial charge on any atom is -0.463 e. The molecule has 13 unspecified atom stereocenters. The summed E-state index contributed by atoms with van der Waals surface area (Å²) >= 11 is 0. The molecule has 4 fully saturated rings. The van der Waals surface area contributed by atoms with Crippen LogP contribution < -0.4 is 0 Å². The van der Waals surface area contributed by atoms with E-state index in [0.717, 1.165) is 74.5 Å². The first-order chi connectivity index (χ1) is 24.9. The highest BCUT2D eigenvalue weighted by Gasteiger charge is 2.59. The molecule has 13 atom stereocenters. The van der Waals surface area contributed by atoms with E-state index in [4.69, 9.17) is 14.2 Å². The Hall–Kier alpha value is -0.990. The molecule has 5 aliphatic rings. The zero-order valence-corrected chi connectivity index (χ0v) is 34.0. The molecular weight excluding hydrogens is 652 g/mol. The van der Waals surface area contributed by atoms with Gasteiger partial charge in [0.05, 0.1) is 6.10 Å². The number of unbranched alkanes of at least 4 members (excludes halogenated alkanes) is 8. The SMILES string of the molecule is CCCCCCCCCCCC(=O)OCC1OC(OC2CCC3(C)C(=CCC4C3CCC3(C)C(C(C)CCCC(C)C)CCC43)C2)C(O)C(O)C1O. The van der Waals surface area contributed by atoms with Crippen LogP contribution in [-0.2, 0) is 19.0 Å². The lowest BCUT2D eigenvalue weighted by Crippen LogP contribution is -2.60. The zero-order chi connectivity index (χ0) is 37.5. The second kappa shape index (κ2) is 19.2. The number of ether oxygens (including phenoxy) is 3. The van der Waals surface area contributed by atoms with Gasteiger partial charge in [0, 0.05) is 6.42 Å². The third-order valence-electron chi connectivity index (χ3n) is 15.1. The van der Waals surface area contributed by atoms with Crippen molar-refractivity contribution in [1.29, 1.82) is 0 Å². The Labute approximate surface area is 317 Å². The average molecular weight is 731 g/mol. The molecule has 7 heteroatoms. The Morgan fingerprint density at radius 2 is 1.56 bits per heavy atom. The van der Waals surface area contributed by atoms with Crippen LogP contribution in [0.15, 0.2) is 11.6 Å². The lowest BCUT2D eigenvalue weighted by molar-refractivity contribution is -0.313. The number of carbonyl (C=O) groups is 1. The predicted octanol–water partition coefficient (Wildman–Crippen LogP) is 9.68. The fraction of sp³-hybridized carbons (Fsp3) is 0.933. The molecule has 3 N–H and O–H groups in total. The Morgan fingerprint density at radius 1 is 0.846 bits per heavy atom. The van der Waals surface area contributed by atoms with E-state index in [9.17, 15) is 20.1 Å². The van der Waals surface area contributed by atoms with Crippen molar-refractivity contribution in [2.75, 3.05) is 6.61 Å². The van der Waals surface area contributed by atoms with Gasteiger partial charge in [-0.05, 0) is 104 Å². The minimum atomic E-state index is -1.44. The number of carbonyl (C=O) groups excluding carboxylic acids is 1. The van der Waals surface area contributed by atoms with Gasteiger partial charge in [0.15, 0.2) is 6.29 Å². The van der Waals surface area contributed by atoms with Crippen molar-refractivity contribution in [1.82, 2.24) is 0 Å². The van der Waals surface area contributed by atoms with Gasteiger partial charge in [-0.1, -0.05) is 124 Å². The molecule has 4 aliphatic carbocycles. The van der Waals surface area contributed by atoms with Crippen LogP contribution in [0.2, 0.25) is 0 Å². The summed E-state index contributed by atoms with van der Waals surface area (Å²) in [6.45, 7) is 14.5. The van der Waals surface area contributed by atoms with Gasteiger partial charge in [-0.3, -0.25) is 4.79 Å². The van der Waals surface area contributed by atoms with Gasteiger partial charge in [0.2, 0.25) is 0 Å². The van der Waals surface area contributed by atoms with Gasteiger partial charge in [-0.15, -0.1) is 0 Å². The van der Waals surface area contributed by atoms with E-state index in [1.807, 2.05) is 0 Å². The lowest BCUT2D eigenvalue weighted by Gasteiger charge is -2.58. The Morgan fingerprint density at radius 3 is 2.27 bits per heavy atom. The molecule has 5 rings (SSSR count). The van der Waals surface area contributed by atoms with E-state index in [2.05, 4.69) is 47.6 Å². The Balaban J connectivity index is 1.09. The van der Waals surface area contributed by atoms with Crippen molar-refractivity contribution in [3.8, 4) is 0 Å². The van der Waals surface area contributed by atoms with Crippen LogP contribution in [0.4, 0.5) is 0 Å². The first-order valence-corrected chi connectivity index (χ1v) is 22.1. The largest absolute Gasteiger partial charge is 0.463 e. The molecule has 7 nitrogen and oxygen atoms in total. The minimum absolute atomic E-state index is 0.135. The molecule has 3 saturated carbocycles. The predicted molar refractivity (Wildman–Crippen MR) is 207 cm³/mol. The standard InChI is InChI=1S/C45H78O7/c1-7-8-9-10-11-12-13-14-15-19-39(46)50-29-38-40(47)41(48)42(49)43(52-38)51-33-24-26-44(5)32(28-33)20-21-34-36-23-22-35(31(4)18-16-17-30(2)3)45(36,6)27-25-37(34)44/h20,30-31,33-38,40-43,47-49H,7-19,21-29H2,1-6H3. The van der Waals surface area contributed by atoms with Gasteiger partial charge in [0.25, 0.3) is 0 Å². The number of hydrogen-bond donors (Lipinski definition) is 3. The van der Waals surface area contributed by atoms with Crippen molar-refractivity contribution in [3.63, 3.8) is 0 Å². The molecule has 1 saturated heterocycles. The zero-order valence-electron chi connectivity index (χ0n) is 34.0. The lowest BCUT2D eigenvalue weighted by atomic mass is 9.47. The van der Waals surface area contributed by atoms with E-state index < -0.39 is 30.7 Å². The molecule has 1 heterocycles. The van der Waals surface area contributed by atoms with Crippen molar-refractivity contribution < 1.29 is 34.3 Å². The number of esters is 1. The summed E-state index contributed by atoms with van der Waals surface area (Å²) in [5, 5.41) is 32.3. The first kappa shape index (κ1) is 42.2. The van der Waals surface area contributed by atoms with E-state index >= 15 is 0 Å². The van der Waals surface area contributed by atoms with Crippen LogP contribution in [0.3, 0.4) is 0 Å². The number of allylic oxidation sites excluding steroid dienone is 1. The normalized spacial score (nSPS) is 39.4. The molecule has 0 aromatic rings. The third-order valence-corrected chi connectivity index (χ3v) is 15.1. The van der Waals surface area contributed by atoms with Crippen LogP contribution >= 0.6 is 0 Å². The van der Waals surface area contributed by atoms with Gasteiger partial charge < -0.3 is 29.5 Å². The summed E-state index contributed by atoms with van der Waals surface area (Å²) in [6.07, 6.45) is 20.6. The van der Waals surface area contributed by atoms with Gasteiger partial charge in [0.1, 0.15) is 31.0 Å². The van der Waals surface area contributed by atoms with Crippen LogP contribution in [0.1, 0.15) is 176 Å². The second-order valence-corrected chi connectivity index (χ2v) is 19.1. The maximum absolute atomic E-state index is 12.5. The molecule has 0 spiro atoms. The molecule has 52 heavy (non-hydrogen) atoms. The molecule has 0 aromatic carbocycles. The van der Waals surface area contributed by atoms with Gasteiger partial charge >= 0.3 is 5.97 Å². The molecule has 0 amide bonds. The molecular formula is C45H78O7. The van der Waals surface area contributed by atoms with E-state index in [1.54, 1.807) is 0 Å². The number of hydrogen-bond acceptors (Lipinski definition) is 7. The van der Waals surface area contributed by atoms with Gasteiger partial charge in [-0.2, -0.15) is 0 Å². The highest BCUT2D eigenvalue weighted by atomic mass is 16.7. The smallest absolute Gasteiger partial charge is 0.305 e. The summed E-state index contributed by atoms with van der Waals surface area (Å²) in [4.78, 5) is 12.5. The Bertz CT molecular complexity index is 1140. The number of fused-ring (bicyclic) bond motifs is 5. The van der Waals surface area contributed by atoms with Crippen LogP contribution in [0.5, 0.6) is 0 Å². The fourth-order valence-electron chi connectivity index (χ4n) is 12.0. The summed E-state index contributed by atoms with van der Waals surface area (Å²) in [6, 6.07) is 0. The maximum Gasteiger partial charge on any atom is 0.305 e. The van der Waals surface area contributed by atoms with E-state index in [1.165, 1.54) is 89.0 Å². The van der Waals surface area contributed by atoms with E-state index in [0.29, 0.717) is 17.8 Å². The number of aliphatic hydroxyl groups is 3. The van der Waals surface area contributed by atoms with Crippen LogP contribution in [-0.4, -0.2) is 64.7 Å². The van der Waals surface area contributed by atoms with Crippen molar-refractivity contribution in [2.24, 2.45) is 46.3 Å². The summed E-state index contributed by atoms with van der Waals surface area (Å²) < 4.78 is 17.9. The molecule has 1 aliphatic heterocycles. The highest BCUT2D eigenvalue weighted by Crippen LogP contribution is 2.67. The van der Waals surface area contributed by atoms with Crippen molar-refractivity contribution >= 4 is 5.97 Å². The molecule has 0 radical (unpaired) electrons. The summed E-state index contributed by atoms with van der Waals surface area (Å²) in [7, 11) is 0. The topological polar surface area (TPSA) is 105 Å². The van der Waals surface area contributed by atoms with Gasteiger partial charge in [-0.25, -0.2) is 0 Å². The molecule has 300 valence electrons. The Kier molecular flexibility index (Phi) is 15.6. The number of aliphatic hydroxyl groups excluding tert-OH is 3. The molecule has 0 bridgehead atoms. The van der Waals surface area contributed by atoms with Crippen LogP contribution in [0.25, 0.3) is 0 Å². The second-order valence-electron chi connectivity index (χ2n) is 19.1. The van der Waals surface area contributed by atoms with Crippen LogP contribution in [0, 0.1) is 46.3 Å². The third kappa shape index (κ3) is 9.87. The van der Waals surface area contributed by atoms with E-state index in [-0.39, 0.29) is 24.1 Å². The van der Waals surface area contributed by atoms with Crippen molar-refractivity contribution in [3.05, 3.63) is 11.6 Å². The molecule has 0 aromatic heterocycles. The summed E-state index contributed by atoms with van der Waals surface area (Å²) in [5.41, 5.74) is 2.15. The first-order valence-electron chi connectivity index (χ1n) is 22.1. The quantitative estimate of drug-likeness (QED) is 0.0691.